The molecule has 0 aliphatic carbocycles. The number of anilines is 2. The minimum atomic E-state index is -3.71. The third kappa shape index (κ3) is 2.44. The average molecular weight is 267 g/mol. The van der Waals surface area contributed by atoms with Gasteiger partial charge in [0.1, 0.15) is 4.90 Å². The highest BCUT2D eigenvalue weighted by Gasteiger charge is 2.18. The molecule has 0 aliphatic rings. The number of aryl methyl sites for hydroxylation is 1. The molecule has 1 aromatic heterocycles. The quantitative estimate of drug-likeness (QED) is 0.553. The molecule has 0 radical (unpaired) electrons. The van der Waals surface area contributed by atoms with Gasteiger partial charge >= 0.3 is 0 Å². The van der Waals surface area contributed by atoms with Gasteiger partial charge in [0.25, 0.3) is 10.0 Å². The molecule has 2 aromatic rings. The minimum Gasteiger partial charge on any atom is -0.323 e. The lowest BCUT2D eigenvalue weighted by Gasteiger charge is -2.09. The number of aromatic nitrogens is 2. The Hall–Kier alpha value is -2.06. The molecular formula is C10H13N5O2S. The number of nitrogens with two attached hydrogens (primary N) is 1. The van der Waals surface area contributed by atoms with E-state index in [9.17, 15) is 8.42 Å². The number of rotatable bonds is 4. The van der Waals surface area contributed by atoms with Crippen LogP contribution in [0.5, 0.6) is 0 Å². The highest BCUT2D eigenvalue weighted by molar-refractivity contribution is 7.92. The van der Waals surface area contributed by atoms with Gasteiger partial charge in [-0.25, -0.2) is 8.42 Å². The molecule has 2 rings (SSSR count). The second kappa shape index (κ2) is 4.67. The van der Waals surface area contributed by atoms with Crippen molar-refractivity contribution in [2.24, 2.45) is 12.9 Å². The molecule has 0 amide bonds. The van der Waals surface area contributed by atoms with E-state index < -0.39 is 10.0 Å². The fourth-order valence-corrected chi connectivity index (χ4v) is 2.65. The highest BCUT2D eigenvalue weighted by atomic mass is 32.2. The van der Waals surface area contributed by atoms with E-state index in [1.165, 1.54) is 10.7 Å². The van der Waals surface area contributed by atoms with E-state index >= 15 is 0 Å². The van der Waals surface area contributed by atoms with Crippen molar-refractivity contribution in [2.75, 3.05) is 10.1 Å². The van der Waals surface area contributed by atoms with Crippen molar-refractivity contribution < 1.29 is 8.42 Å². The molecule has 8 heteroatoms. The van der Waals surface area contributed by atoms with Crippen LogP contribution < -0.4 is 16.0 Å². The molecule has 0 spiro atoms. The summed E-state index contributed by atoms with van der Waals surface area (Å²) in [6, 6.07) is 7.91. The smallest absolute Gasteiger partial charge is 0.265 e. The Labute approximate surface area is 105 Å². The van der Waals surface area contributed by atoms with Crippen LogP contribution in [0.15, 0.2) is 41.4 Å². The van der Waals surface area contributed by atoms with Gasteiger partial charge < -0.3 is 5.43 Å². The van der Waals surface area contributed by atoms with Gasteiger partial charge in [0, 0.05) is 19.3 Å². The zero-order valence-electron chi connectivity index (χ0n) is 9.66. The lowest BCUT2D eigenvalue weighted by Crippen LogP contribution is -2.17. The molecule has 1 heterocycles. The van der Waals surface area contributed by atoms with Crippen LogP contribution in [0.3, 0.4) is 0 Å². The number of nitrogens with one attached hydrogen (secondary N) is 2. The molecule has 0 saturated carbocycles. The van der Waals surface area contributed by atoms with Crippen molar-refractivity contribution in [1.82, 2.24) is 9.78 Å². The van der Waals surface area contributed by atoms with Crippen LogP contribution in [0, 0.1) is 0 Å². The van der Waals surface area contributed by atoms with Gasteiger partial charge in [-0.15, -0.1) is 0 Å². The molecule has 0 fully saturated rings. The molecule has 1 aromatic carbocycles. The van der Waals surface area contributed by atoms with Crippen LogP contribution in [0.25, 0.3) is 0 Å². The number of nitrogen functional groups attached to an aromatic ring is 1. The van der Waals surface area contributed by atoms with Gasteiger partial charge in [0.2, 0.25) is 0 Å². The molecule has 7 nitrogen and oxygen atoms in total. The Balaban J connectivity index is 2.36. The largest absolute Gasteiger partial charge is 0.323 e. The number of nitrogens with zero attached hydrogens (tertiary/aromatic N) is 2. The number of sulfonamides is 1. The van der Waals surface area contributed by atoms with E-state index in [4.69, 9.17) is 5.84 Å². The zero-order chi connectivity index (χ0) is 13.2. The Morgan fingerprint density at radius 3 is 2.61 bits per heavy atom. The zero-order valence-corrected chi connectivity index (χ0v) is 10.5. The van der Waals surface area contributed by atoms with Crippen molar-refractivity contribution in [3.05, 3.63) is 36.5 Å². The lowest BCUT2D eigenvalue weighted by atomic mass is 10.3. The standard InChI is InChI=1S/C10H13N5O2S/c1-15-7-6-10(13-15)14-18(16,17)9-5-3-2-4-8(9)12-11/h2-7,12H,11H2,1H3,(H,13,14). The predicted octanol–water partition coefficient (Wildman–Crippen LogP) is 0.506. The van der Waals surface area contributed by atoms with Crippen LogP contribution in [-0.4, -0.2) is 18.2 Å². The van der Waals surface area contributed by atoms with Gasteiger partial charge in [0.15, 0.2) is 5.82 Å². The summed E-state index contributed by atoms with van der Waals surface area (Å²) in [5.74, 6) is 5.54. The summed E-state index contributed by atoms with van der Waals surface area (Å²) in [6.07, 6.45) is 1.64. The monoisotopic (exact) mass is 267 g/mol. The van der Waals surface area contributed by atoms with E-state index in [0.717, 1.165) is 0 Å². The first kappa shape index (κ1) is 12.4. The summed E-state index contributed by atoms with van der Waals surface area (Å²) in [5, 5.41) is 3.95. The molecule has 0 bridgehead atoms. The van der Waals surface area contributed by atoms with Gasteiger partial charge in [-0.3, -0.25) is 15.2 Å². The van der Waals surface area contributed by atoms with Crippen molar-refractivity contribution in [2.45, 2.75) is 4.90 Å². The van der Waals surface area contributed by atoms with E-state index in [1.54, 1.807) is 37.5 Å². The van der Waals surface area contributed by atoms with Crippen molar-refractivity contribution >= 4 is 21.5 Å². The van der Waals surface area contributed by atoms with Gasteiger partial charge in [-0.1, -0.05) is 12.1 Å². The molecular weight excluding hydrogens is 254 g/mol. The molecule has 0 aliphatic heterocycles. The van der Waals surface area contributed by atoms with Gasteiger partial charge in [0.05, 0.1) is 5.69 Å². The summed E-state index contributed by atoms with van der Waals surface area (Å²) in [7, 11) is -2.01. The Morgan fingerprint density at radius 2 is 2.00 bits per heavy atom. The second-order valence-corrected chi connectivity index (χ2v) is 5.27. The first-order valence-corrected chi connectivity index (χ1v) is 6.59. The van der Waals surface area contributed by atoms with Crippen LogP contribution in [0.2, 0.25) is 0 Å². The third-order valence-corrected chi connectivity index (χ3v) is 3.70. The van der Waals surface area contributed by atoms with E-state index in [-0.39, 0.29) is 10.7 Å². The maximum atomic E-state index is 12.1. The fourth-order valence-electron chi connectivity index (χ4n) is 1.48. The Kier molecular flexibility index (Phi) is 3.21. The number of hydrogen-bond donors (Lipinski definition) is 3. The van der Waals surface area contributed by atoms with E-state index in [0.29, 0.717) is 5.69 Å². The summed E-state index contributed by atoms with van der Waals surface area (Å²) in [5.41, 5.74) is 2.67. The Morgan fingerprint density at radius 1 is 1.28 bits per heavy atom. The number of para-hydroxylation sites is 1. The third-order valence-electron chi connectivity index (χ3n) is 2.28. The summed E-state index contributed by atoms with van der Waals surface area (Å²) < 4.78 is 28.1. The van der Waals surface area contributed by atoms with Crippen LogP contribution in [0.4, 0.5) is 11.5 Å². The SMILES string of the molecule is Cn1ccc(NS(=O)(=O)c2ccccc2NN)n1. The van der Waals surface area contributed by atoms with Crippen LogP contribution >= 0.6 is 0 Å². The highest BCUT2D eigenvalue weighted by Crippen LogP contribution is 2.21. The predicted molar refractivity (Wildman–Crippen MR) is 68.3 cm³/mol. The number of hydrogen-bond acceptors (Lipinski definition) is 5. The van der Waals surface area contributed by atoms with Crippen LogP contribution in [0.1, 0.15) is 0 Å². The molecule has 4 N–H and O–H groups in total. The number of hydrazine groups is 1. The summed E-state index contributed by atoms with van der Waals surface area (Å²) in [6.45, 7) is 0. The maximum Gasteiger partial charge on any atom is 0.265 e. The molecule has 0 atom stereocenters. The minimum absolute atomic E-state index is 0.0677. The Bertz CT molecular complexity index is 650. The first-order valence-electron chi connectivity index (χ1n) is 5.11. The second-order valence-electron chi connectivity index (χ2n) is 3.62. The van der Waals surface area contributed by atoms with Crippen molar-refractivity contribution in [1.29, 1.82) is 0 Å². The number of benzene rings is 1. The summed E-state index contributed by atoms with van der Waals surface area (Å²) >= 11 is 0. The van der Waals surface area contributed by atoms with Crippen LogP contribution in [-0.2, 0) is 17.1 Å². The maximum absolute atomic E-state index is 12.1. The van der Waals surface area contributed by atoms with E-state index in [2.05, 4.69) is 15.2 Å². The summed E-state index contributed by atoms with van der Waals surface area (Å²) in [4.78, 5) is 0.0677. The average Bonchev–Trinajstić information content (AvgIpc) is 2.74. The molecule has 0 saturated heterocycles. The van der Waals surface area contributed by atoms with Crippen molar-refractivity contribution in [3.63, 3.8) is 0 Å². The van der Waals surface area contributed by atoms with Crippen molar-refractivity contribution in [3.8, 4) is 0 Å². The van der Waals surface area contributed by atoms with Gasteiger partial charge in [-0.05, 0) is 12.1 Å². The topological polar surface area (TPSA) is 102 Å². The van der Waals surface area contributed by atoms with E-state index in [1.807, 2.05) is 0 Å². The molecule has 18 heavy (non-hydrogen) atoms. The molecule has 96 valence electrons. The molecule has 0 unspecified atom stereocenters. The first-order chi connectivity index (χ1) is 8.53. The van der Waals surface area contributed by atoms with Gasteiger partial charge in [-0.2, -0.15) is 5.10 Å². The normalized spacial score (nSPS) is 11.2. The fraction of sp³-hybridized carbons (Fsp3) is 0.100. The lowest BCUT2D eigenvalue weighted by molar-refractivity contribution is 0.601.